The highest BCUT2D eigenvalue weighted by Gasteiger charge is 2.49. The van der Waals surface area contributed by atoms with Gasteiger partial charge in [-0.15, -0.1) is 10.2 Å². The van der Waals surface area contributed by atoms with Crippen LogP contribution in [0.4, 0.5) is 5.13 Å². The third-order valence-corrected chi connectivity index (χ3v) is 8.24. The van der Waals surface area contributed by atoms with Crippen LogP contribution in [0.15, 0.2) is 75.2 Å². The number of hydrogen-bond acceptors (Lipinski definition) is 8. The average molecular weight is 558 g/mol. The molecule has 0 saturated carbocycles. The van der Waals surface area contributed by atoms with E-state index in [4.69, 9.17) is 27.6 Å². The predicted octanol–water partition coefficient (Wildman–Crippen LogP) is 6.66. The molecule has 5 rings (SSSR count). The Morgan fingerprint density at radius 3 is 2.61 bits per heavy atom. The number of thioether (sulfide) groups is 1. The summed E-state index contributed by atoms with van der Waals surface area (Å²) in [5.74, 6) is -1.10. The Morgan fingerprint density at radius 2 is 1.92 bits per heavy atom. The highest BCUT2D eigenvalue weighted by molar-refractivity contribution is 8.00. The van der Waals surface area contributed by atoms with Crippen molar-refractivity contribution in [3.05, 3.63) is 98.9 Å². The van der Waals surface area contributed by atoms with Gasteiger partial charge < -0.3 is 9.52 Å². The molecule has 36 heavy (non-hydrogen) atoms. The molecule has 182 valence electrons. The van der Waals surface area contributed by atoms with Crippen molar-refractivity contribution in [2.24, 2.45) is 0 Å². The first-order valence-electron chi connectivity index (χ1n) is 10.6. The van der Waals surface area contributed by atoms with E-state index >= 15 is 0 Å². The number of amides is 1. The lowest BCUT2D eigenvalue weighted by atomic mass is 9.99. The minimum atomic E-state index is -0.988. The summed E-state index contributed by atoms with van der Waals surface area (Å²) < 4.78 is 6.15. The first-order valence-corrected chi connectivity index (χ1v) is 13.2. The van der Waals surface area contributed by atoms with Crippen molar-refractivity contribution >= 4 is 68.9 Å². The molecular weight excluding hydrogens is 541 g/mol. The lowest BCUT2D eigenvalue weighted by Crippen LogP contribution is -2.29. The summed E-state index contributed by atoms with van der Waals surface area (Å²) in [4.78, 5) is 27.5. The summed E-state index contributed by atoms with van der Waals surface area (Å²) >= 11 is 14.8. The van der Waals surface area contributed by atoms with Gasteiger partial charge in [-0.25, -0.2) is 0 Å². The normalized spacial score (nSPS) is 17.2. The van der Waals surface area contributed by atoms with Gasteiger partial charge in [-0.2, -0.15) is 0 Å². The number of aliphatic hydroxyl groups is 1. The Hall–Kier alpha value is -3.11. The number of carbonyl (C=O) groups excluding carboxylic acids is 2. The molecule has 1 fully saturated rings. The number of anilines is 1. The number of benzene rings is 2. The third-order valence-electron chi connectivity index (χ3n) is 5.55. The van der Waals surface area contributed by atoms with E-state index in [-0.39, 0.29) is 16.5 Å². The number of hydrogen-bond donors (Lipinski definition) is 1. The van der Waals surface area contributed by atoms with Crippen LogP contribution in [-0.4, -0.2) is 27.0 Å². The predicted molar refractivity (Wildman–Crippen MR) is 141 cm³/mol. The molecule has 0 bridgehead atoms. The number of aryl methyl sites for hydroxylation is 1. The van der Waals surface area contributed by atoms with Gasteiger partial charge in [0, 0.05) is 21.4 Å². The highest BCUT2D eigenvalue weighted by atomic mass is 35.5. The first-order chi connectivity index (χ1) is 17.3. The van der Waals surface area contributed by atoms with Gasteiger partial charge in [0.15, 0.2) is 4.34 Å². The van der Waals surface area contributed by atoms with Crippen molar-refractivity contribution in [3.8, 4) is 0 Å². The third kappa shape index (κ3) is 4.67. The van der Waals surface area contributed by atoms with Gasteiger partial charge in [0.1, 0.15) is 17.6 Å². The molecule has 1 N–H and O–H groups in total. The van der Waals surface area contributed by atoms with Crippen molar-refractivity contribution < 1.29 is 19.1 Å². The lowest BCUT2D eigenvalue weighted by molar-refractivity contribution is -0.132. The molecule has 0 aliphatic carbocycles. The molecule has 7 nitrogen and oxygen atoms in total. The van der Waals surface area contributed by atoms with E-state index in [9.17, 15) is 14.7 Å². The summed E-state index contributed by atoms with van der Waals surface area (Å²) in [7, 11) is 0. The molecule has 2 aromatic carbocycles. The number of nitrogens with zero attached hydrogens (tertiary/aromatic N) is 3. The van der Waals surface area contributed by atoms with E-state index in [2.05, 4.69) is 10.2 Å². The summed E-state index contributed by atoms with van der Waals surface area (Å²) in [5, 5.41) is 20.7. The molecular formula is C25H17Cl2N3O4S2. The van der Waals surface area contributed by atoms with Gasteiger partial charge in [0.05, 0.1) is 11.8 Å². The van der Waals surface area contributed by atoms with Crippen LogP contribution in [-0.2, 0) is 15.3 Å². The van der Waals surface area contributed by atoms with Gasteiger partial charge in [0.25, 0.3) is 5.78 Å². The number of aromatic nitrogens is 2. The summed E-state index contributed by atoms with van der Waals surface area (Å²) in [5.41, 5.74) is 2.21. The van der Waals surface area contributed by atoms with Crippen LogP contribution in [0.5, 0.6) is 0 Å². The number of rotatable bonds is 6. The second-order valence-corrected chi connectivity index (χ2v) is 10.9. The van der Waals surface area contributed by atoms with E-state index in [1.54, 1.807) is 36.4 Å². The maximum absolute atomic E-state index is 13.2. The van der Waals surface area contributed by atoms with Crippen LogP contribution in [0.3, 0.4) is 0 Å². The number of ketones is 1. The highest BCUT2D eigenvalue weighted by Crippen LogP contribution is 2.44. The van der Waals surface area contributed by atoms with Crippen LogP contribution in [0, 0.1) is 6.92 Å². The molecule has 1 aliphatic rings. The summed E-state index contributed by atoms with van der Waals surface area (Å²) in [6, 6.07) is 14.6. The molecule has 1 amide bonds. The zero-order valence-corrected chi connectivity index (χ0v) is 21.8. The second-order valence-electron chi connectivity index (χ2n) is 7.93. The van der Waals surface area contributed by atoms with E-state index in [0.717, 1.165) is 22.5 Å². The smallest absolute Gasteiger partial charge is 0.302 e. The minimum Gasteiger partial charge on any atom is -0.507 e. The summed E-state index contributed by atoms with van der Waals surface area (Å²) in [6.45, 7) is 1.91. The largest absolute Gasteiger partial charge is 0.507 e. The van der Waals surface area contributed by atoms with Crippen LogP contribution in [0.2, 0.25) is 10.0 Å². The number of aliphatic hydroxyl groups excluding tert-OH is 1. The SMILES string of the molecule is Cc1ccc(/C(O)=C2/C(=O)C(=O)N(c3nnc(SCc4ccc(Cl)cc4Cl)s3)C2c2ccco2)cc1. The van der Waals surface area contributed by atoms with E-state index in [0.29, 0.717) is 31.5 Å². The van der Waals surface area contributed by atoms with E-state index < -0.39 is 17.7 Å². The van der Waals surface area contributed by atoms with Gasteiger partial charge in [0.2, 0.25) is 5.13 Å². The van der Waals surface area contributed by atoms with Crippen molar-refractivity contribution in [2.75, 3.05) is 4.90 Å². The maximum atomic E-state index is 13.2. The van der Waals surface area contributed by atoms with Crippen LogP contribution >= 0.6 is 46.3 Å². The molecule has 1 atom stereocenters. The van der Waals surface area contributed by atoms with Crippen molar-refractivity contribution in [1.82, 2.24) is 10.2 Å². The lowest BCUT2D eigenvalue weighted by Gasteiger charge is -2.20. The minimum absolute atomic E-state index is 0.0730. The van der Waals surface area contributed by atoms with Gasteiger partial charge in [-0.05, 0) is 36.8 Å². The Kier molecular flexibility index (Phi) is 6.90. The van der Waals surface area contributed by atoms with Crippen molar-refractivity contribution in [2.45, 2.75) is 23.1 Å². The fourth-order valence-electron chi connectivity index (χ4n) is 3.75. The van der Waals surface area contributed by atoms with Crippen LogP contribution in [0.25, 0.3) is 5.76 Å². The van der Waals surface area contributed by atoms with Crippen LogP contribution in [0.1, 0.15) is 28.5 Å². The molecule has 1 aliphatic heterocycles. The number of carbonyl (C=O) groups is 2. The van der Waals surface area contributed by atoms with Gasteiger partial charge >= 0.3 is 5.91 Å². The topological polar surface area (TPSA) is 96.5 Å². The monoisotopic (exact) mass is 557 g/mol. The molecule has 2 aromatic heterocycles. The molecule has 1 saturated heterocycles. The maximum Gasteiger partial charge on any atom is 0.302 e. The van der Waals surface area contributed by atoms with Crippen molar-refractivity contribution in [1.29, 1.82) is 0 Å². The second kappa shape index (κ2) is 10.1. The zero-order chi connectivity index (χ0) is 25.4. The fraction of sp³-hybridized carbons (Fsp3) is 0.120. The van der Waals surface area contributed by atoms with Gasteiger partial charge in [-0.1, -0.05) is 82.2 Å². The first kappa shape index (κ1) is 24.6. The zero-order valence-electron chi connectivity index (χ0n) is 18.6. The Morgan fingerprint density at radius 1 is 1.14 bits per heavy atom. The molecule has 1 unspecified atom stereocenters. The Bertz CT molecular complexity index is 1480. The van der Waals surface area contributed by atoms with E-state index in [1.165, 1.54) is 22.9 Å². The molecule has 0 radical (unpaired) electrons. The van der Waals surface area contributed by atoms with Crippen molar-refractivity contribution in [3.63, 3.8) is 0 Å². The molecule has 11 heteroatoms. The molecule has 4 aromatic rings. The molecule has 0 spiro atoms. The van der Waals surface area contributed by atoms with Crippen LogP contribution < -0.4 is 4.90 Å². The Balaban J connectivity index is 1.49. The standard InChI is InChI=1S/C25H17Cl2N3O4S2/c1-13-4-6-14(7-5-13)21(31)19-20(18-3-2-10-34-18)30(23(33)22(19)32)24-28-29-25(36-24)35-12-15-8-9-16(26)11-17(15)27/h2-11,20,31H,12H2,1H3/b21-19-. The number of halogens is 2. The van der Waals surface area contributed by atoms with E-state index in [1.807, 2.05) is 25.1 Å². The average Bonchev–Trinajstić information content (AvgIpc) is 3.59. The Labute approximate surface area is 224 Å². The fourth-order valence-corrected chi connectivity index (χ4v) is 6.18. The molecule has 3 heterocycles. The summed E-state index contributed by atoms with van der Waals surface area (Å²) in [6.07, 6.45) is 1.44. The van der Waals surface area contributed by atoms with Gasteiger partial charge in [-0.3, -0.25) is 14.5 Å². The number of Topliss-reactive ketones (excluding diaryl/α,β-unsaturated/α-hetero) is 1. The number of furan rings is 1. The quantitative estimate of drug-likeness (QED) is 0.0929.